The molecule has 0 radical (unpaired) electrons. The van der Waals surface area contributed by atoms with Crippen LogP contribution in [0.4, 0.5) is 0 Å². The Hall–Kier alpha value is -1.71. The second kappa shape index (κ2) is 5.96. The minimum Gasteiger partial charge on any atom is -0.494 e. The van der Waals surface area contributed by atoms with E-state index in [1.54, 1.807) is 0 Å². The van der Waals surface area contributed by atoms with Gasteiger partial charge in [0.15, 0.2) is 0 Å². The molecule has 0 amide bonds. The van der Waals surface area contributed by atoms with E-state index in [9.17, 15) is 0 Å². The van der Waals surface area contributed by atoms with E-state index in [-0.39, 0.29) is 0 Å². The van der Waals surface area contributed by atoms with Crippen LogP contribution < -0.4 is 4.74 Å². The van der Waals surface area contributed by atoms with Gasteiger partial charge in [0.25, 0.3) is 0 Å². The Kier molecular flexibility index (Phi) is 4.04. The molecule has 5 heteroatoms. The normalized spacial score (nSPS) is 11.0. The highest BCUT2D eigenvalue weighted by Crippen LogP contribution is 2.28. The molecule has 0 fully saturated rings. The average molecular weight is 321 g/mol. The first-order valence-corrected chi connectivity index (χ1v) is 7.60. The van der Waals surface area contributed by atoms with Crippen LogP contribution in [0.5, 0.6) is 5.75 Å². The van der Waals surface area contributed by atoms with E-state index in [2.05, 4.69) is 4.98 Å². The highest BCUT2D eigenvalue weighted by atomic mass is 35.5. The number of pyridine rings is 1. The zero-order valence-electron chi connectivity index (χ0n) is 11.5. The second-order valence-corrected chi connectivity index (χ2v) is 5.28. The summed E-state index contributed by atoms with van der Waals surface area (Å²) in [6.07, 6.45) is 1.83. The molecule has 3 rings (SSSR count). The van der Waals surface area contributed by atoms with Crippen LogP contribution in [-0.4, -0.2) is 16.0 Å². The minimum atomic E-state index is 0.365. The standard InChI is InChI=1S/C16H14Cl2N2O/c1-2-21-13-6-3-11(4-7-13)16-14(9-17)20-10-12(18)5-8-15(20)19-16/h3-8,10H,2,9H2,1H3. The molecule has 0 N–H and O–H groups in total. The number of halogens is 2. The summed E-state index contributed by atoms with van der Waals surface area (Å²) in [5.41, 5.74) is 3.64. The molecule has 0 bridgehead atoms. The van der Waals surface area contributed by atoms with E-state index in [1.165, 1.54) is 0 Å². The molecule has 2 heterocycles. The molecule has 0 aliphatic heterocycles. The molecule has 1 aromatic carbocycles. The maximum Gasteiger partial charge on any atom is 0.137 e. The summed E-state index contributed by atoms with van der Waals surface area (Å²) >= 11 is 12.2. The number of rotatable bonds is 4. The van der Waals surface area contributed by atoms with Crippen LogP contribution in [0, 0.1) is 0 Å². The van der Waals surface area contributed by atoms with Crippen LogP contribution in [0.25, 0.3) is 16.9 Å². The quantitative estimate of drug-likeness (QED) is 0.646. The van der Waals surface area contributed by atoms with E-state index in [0.717, 1.165) is 28.3 Å². The van der Waals surface area contributed by atoms with Gasteiger partial charge in [-0.05, 0) is 43.3 Å². The van der Waals surface area contributed by atoms with Crippen molar-refractivity contribution < 1.29 is 4.74 Å². The molecule has 21 heavy (non-hydrogen) atoms. The van der Waals surface area contributed by atoms with Crippen molar-refractivity contribution in [3.05, 3.63) is 53.3 Å². The highest BCUT2D eigenvalue weighted by Gasteiger charge is 2.13. The molecule has 0 atom stereocenters. The number of benzene rings is 1. The van der Waals surface area contributed by atoms with Crippen molar-refractivity contribution in [3.8, 4) is 17.0 Å². The number of fused-ring (bicyclic) bond motifs is 1. The Labute approximate surface area is 133 Å². The fraction of sp³-hybridized carbons (Fsp3) is 0.188. The van der Waals surface area contributed by atoms with Crippen LogP contribution in [0.15, 0.2) is 42.6 Å². The summed E-state index contributed by atoms with van der Waals surface area (Å²) in [5.74, 6) is 1.21. The van der Waals surface area contributed by atoms with Gasteiger partial charge >= 0.3 is 0 Å². The summed E-state index contributed by atoms with van der Waals surface area (Å²) < 4.78 is 7.39. The summed E-state index contributed by atoms with van der Waals surface area (Å²) in [4.78, 5) is 4.65. The lowest BCUT2D eigenvalue weighted by molar-refractivity contribution is 0.340. The third kappa shape index (κ3) is 2.71. The van der Waals surface area contributed by atoms with Gasteiger partial charge in [0.05, 0.1) is 28.9 Å². The third-order valence-corrected chi connectivity index (χ3v) is 3.72. The molecule has 0 aliphatic rings. The van der Waals surface area contributed by atoms with Gasteiger partial charge in [-0.15, -0.1) is 11.6 Å². The van der Waals surface area contributed by atoms with Gasteiger partial charge in [0, 0.05) is 11.8 Å². The van der Waals surface area contributed by atoms with Crippen molar-refractivity contribution in [3.63, 3.8) is 0 Å². The number of aromatic nitrogens is 2. The molecule has 0 aliphatic carbocycles. The number of hydrogen-bond donors (Lipinski definition) is 0. The molecule has 2 aromatic heterocycles. The highest BCUT2D eigenvalue weighted by molar-refractivity contribution is 6.30. The summed E-state index contributed by atoms with van der Waals surface area (Å²) in [5, 5.41) is 0.657. The number of hydrogen-bond acceptors (Lipinski definition) is 2. The largest absolute Gasteiger partial charge is 0.494 e. The van der Waals surface area contributed by atoms with Crippen LogP contribution >= 0.6 is 23.2 Å². The van der Waals surface area contributed by atoms with E-state index in [4.69, 9.17) is 27.9 Å². The Balaban J connectivity index is 2.10. The third-order valence-electron chi connectivity index (χ3n) is 3.25. The Morgan fingerprint density at radius 1 is 1.14 bits per heavy atom. The van der Waals surface area contributed by atoms with E-state index < -0.39 is 0 Å². The summed E-state index contributed by atoms with van der Waals surface area (Å²) in [6.45, 7) is 2.62. The topological polar surface area (TPSA) is 26.5 Å². The van der Waals surface area contributed by atoms with E-state index >= 15 is 0 Å². The van der Waals surface area contributed by atoms with Gasteiger partial charge in [-0.1, -0.05) is 11.6 Å². The molecule has 108 valence electrons. The fourth-order valence-corrected chi connectivity index (χ4v) is 2.72. The maximum atomic E-state index is 6.11. The summed E-state index contributed by atoms with van der Waals surface area (Å²) in [7, 11) is 0. The predicted molar refractivity (Wildman–Crippen MR) is 86.4 cm³/mol. The lowest BCUT2D eigenvalue weighted by atomic mass is 10.1. The van der Waals surface area contributed by atoms with Crippen LogP contribution in [-0.2, 0) is 5.88 Å². The molecular formula is C16H14Cl2N2O. The smallest absolute Gasteiger partial charge is 0.137 e. The average Bonchev–Trinajstić information content (AvgIpc) is 2.86. The van der Waals surface area contributed by atoms with Crippen LogP contribution in [0.1, 0.15) is 12.6 Å². The van der Waals surface area contributed by atoms with Gasteiger partial charge in [-0.25, -0.2) is 4.98 Å². The molecule has 3 aromatic rings. The lowest BCUT2D eigenvalue weighted by Gasteiger charge is -2.05. The van der Waals surface area contributed by atoms with Gasteiger partial charge in [-0.2, -0.15) is 0 Å². The SMILES string of the molecule is CCOc1ccc(-c2nc3ccc(Cl)cn3c2CCl)cc1. The van der Waals surface area contributed by atoms with Gasteiger partial charge < -0.3 is 9.14 Å². The lowest BCUT2D eigenvalue weighted by Crippen LogP contribution is -1.92. The maximum absolute atomic E-state index is 6.11. The van der Waals surface area contributed by atoms with Gasteiger partial charge in [-0.3, -0.25) is 0 Å². The zero-order valence-corrected chi connectivity index (χ0v) is 13.0. The van der Waals surface area contributed by atoms with Crippen molar-refractivity contribution in [1.29, 1.82) is 0 Å². The fourth-order valence-electron chi connectivity index (χ4n) is 2.30. The van der Waals surface area contributed by atoms with E-state index in [0.29, 0.717) is 17.5 Å². The molecule has 0 saturated heterocycles. The summed E-state index contributed by atoms with van der Waals surface area (Å²) in [6, 6.07) is 11.6. The number of nitrogens with zero attached hydrogens (tertiary/aromatic N) is 2. The molecular weight excluding hydrogens is 307 g/mol. The van der Waals surface area contributed by atoms with Crippen molar-refractivity contribution >= 4 is 28.8 Å². The number of imidazole rings is 1. The van der Waals surface area contributed by atoms with Crippen molar-refractivity contribution in [2.75, 3.05) is 6.61 Å². The Morgan fingerprint density at radius 2 is 1.90 bits per heavy atom. The Morgan fingerprint density at radius 3 is 2.57 bits per heavy atom. The van der Waals surface area contributed by atoms with Gasteiger partial charge in [0.2, 0.25) is 0 Å². The molecule has 3 nitrogen and oxygen atoms in total. The first kappa shape index (κ1) is 14.2. The van der Waals surface area contributed by atoms with E-state index in [1.807, 2.05) is 53.9 Å². The molecule has 0 spiro atoms. The Bertz CT molecular complexity index is 766. The number of ether oxygens (including phenoxy) is 1. The minimum absolute atomic E-state index is 0.365. The number of alkyl halides is 1. The second-order valence-electron chi connectivity index (χ2n) is 4.57. The molecule has 0 unspecified atom stereocenters. The first-order chi connectivity index (χ1) is 10.2. The first-order valence-electron chi connectivity index (χ1n) is 6.68. The van der Waals surface area contributed by atoms with Crippen molar-refractivity contribution in [2.45, 2.75) is 12.8 Å². The van der Waals surface area contributed by atoms with Crippen molar-refractivity contribution in [1.82, 2.24) is 9.38 Å². The zero-order chi connectivity index (χ0) is 14.8. The predicted octanol–water partition coefficient (Wildman–Crippen LogP) is 4.79. The van der Waals surface area contributed by atoms with Crippen LogP contribution in [0.2, 0.25) is 5.02 Å². The van der Waals surface area contributed by atoms with Gasteiger partial charge in [0.1, 0.15) is 11.4 Å². The van der Waals surface area contributed by atoms with Crippen LogP contribution in [0.3, 0.4) is 0 Å². The molecule has 0 saturated carbocycles. The monoisotopic (exact) mass is 320 g/mol. The van der Waals surface area contributed by atoms with Crippen molar-refractivity contribution in [2.24, 2.45) is 0 Å².